The van der Waals surface area contributed by atoms with Crippen molar-refractivity contribution in [2.75, 3.05) is 65.8 Å². The quantitative estimate of drug-likeness (QED) is 0.0451. The van der Waals surface area contributed by atoms with E-state index in [1.54, 1.807) is 18.2 Å². The molecule has 4 amide bonds. The van der Waals surface area contributed by atoms with Gasteiger partial charge in [0.1, 0.15) is 11.6 Å². The maximum atomic E-state index is 13.0. The van der Waals surface area contributed by atoms with E-state index >= 15 is 0 Å². The summed E-state index contributed by atoms with van der Waals surface area (Å²) in [5.74, 6) is -0.995. The first kappa shape index (κ1) is 42.1. The number of likely N-dealkylation sites (tertiary alicyclic amines) is 1. The number of ether oxygens (including phenoxy) is 3. The molecule has 0 bridgehead atoms. The lowest BCUT2D eigenvalue weighted by Crippen LogP contribution is -2.33. The number of azide groups is 1. The average molecular weight is 741 g/mol. The van der Waals surface area contributed by atoms with E-state index in [0.717, 1.165) is 5.56 Å². The maximum absolute atomic E-state index is 13.0. The smallest absolute Gasteiger partial charge is 0.251 e. The molecule has 0 spiro atoms. The minimum atomic E-state index is -0.545. The molecule has 2 aliphatic rings. The second kappa shape index (κ2) is 23.3. The molecule has 2 atom stereocenters. The lowest BCUT2D eigenvalue weighted by Gasteiger charge is -2.17. The van der Waals surface area contributed by atoms with Gasteiger partial charge < -0.3 is 24.4 Å². The zero-order chi connectivity index (χ0) is 37.7. The van der Waals surface area contributed by atoms with Crippen molar-refractivity contribution in [2.24, 2.45) is 5.11 Å². The molecule has 0 aliphatic carbocycles. The molecule has 282 valence electrons. The fourth-order valence-corrected chi connectivity index (χ4v) is 6.64. The lowest BCUT2D eigenvalue weighted by molar-refractivity contribution is -0.138. The first-order valence-corrected chi connectivity index (χ1v) is 18.4. The molecule has 15 nitrogen and oxygen atoms in total. The average Bonchev–Trinajstić information content (AvgIpc) is 3.60. The third kappa shape index (κ3) is 14.7. The number of rotatable bonds is 27. The zero-order valence-electron chi connectivity index (χ0n) is 29.7. The number of thioether (sulfide) groups is 1. The summed E-state index contributed by atoms with van der Waals surface area (Å²) in [6, 6.07) is 7.08. The SMILES string of the molecule is C=C1C=CC(=O)N1CCC(=O)CCCOCCCC(=O)CCN1C(=O)CC(SC(C)c2ccc(C(=O)NCCOCCOCCN=[N+]=[N-])cc2)C1=O. The number of Topliss-reactive ketones (excluding diaryl/α,β-unsaturated/α-hetero) is 2. The Morgan fingerprint density at radius 1 is 0.904 bits per heavy atom. The van der Waals surface area contributed by atoms with Crippen molar-refractivity contribution in [3.05, 3.63) is 70.3 Å². The molecule has 1 fully saturated rings. The third-order valence-electron chi connectivity index (χ3n) is 8.26. The summed E-state index contributed by atoms with van der Waals surface area (Å²) in [6.07, 6.45) is 5.16. The van der Waals surface area contributed by atoms with Crippen LogP contribution in [0.1, 0.15) is 73.0 Å². The number of benzene rings is 1. The molecule has 0 aromatic heterocycles. The highest BCUT2D eigenvalue weighted by Crippen LogP contribution is 2.37. The molecule has 1 saturated heterocycles. The molecular formula is C36H48N6O9S. The van der Waals surface area contributed by atoms with E-state index in [4.69, 9.17) is 19.7 Å². The number of carbonyl (C=O) groups is 6. The Morgan fingerprint density at radius 2 is 1.52 bits per heavy atom. The van der Waals surface area contributed by atoms with Gasteiger partial charge in [-0.15, -0.1) is 11.8 Å². The van der Waals surface area contributed by atoms with Gasteiger partial charge in [0, 0.05) is 99.0 Å². The molecule has 1 aromatic rings. The second-order valence-corrected chi connectivity index (χ2v) is 13.7. The Morgan fingerprint density at radius 3 is 2.13 bits per heavy atom. The van der Waals surface area contributed by atoms with Crippen LogP contribution in [0, 0.1) is 0 Å². The first-order valence-electron chi connectivity index (χ1n) is 17.4. The monoisotopic (exact) mass is 740 g/mol. The highest BCUT2D eigenvalue weighted by molar-refractivity contribution is 8.00. The maximum Gasteiger partial charge on any atom is 0.251 e. The van der Waals surface area contributed by atoms with Gasteiger partial charge in [0.2, 0.25) is 11.8 Å². The molecule has 52 heavy (non-hydrogen) atoms. The Bertz CT molecular complexity index is 1480. The van der Waals surface area contributed by atoms with E-state index in [2.05, 4.69) is 21.9 Å². The number of amides is 4. The molecule has 0 saturated carbocycles. The van der Waals surface area contributed by atoms with E-state index < -0.39 is 5.25 Å². The van der Waals surface area contributed by atoms with Gasteiger partial charge in [-0.2, -0.15) is 0 Å². The number of nitrogens with zero attached hydrogens (tertiary/aromatic N) is 5. The minimum Gasteiger partial charge on any atom is -0.381 e. The van der Waals surface area contributed by atoms with Gasteiger partial charge in [0.15, 0.2) is 0 Å². The van der Waals surface area contributed by atoms with Crippen LogP contribution in [0.2, 0.25) is 0 Å². The van der Waals surface area contributed by atoms with E-state index in [0.29, 0.717) is 83.3 Å². The van der Waals surface area contributed by atoms with Crippen molar-refractivity contribution in [3.63, 3.8) is 0 Å². The summed E-state index contributed by atoms with van der Waals surface area (Å²) in [5.41, 5.74) is 10.2. The van der Waals surface area contributed by atoms with Crippen molar-refractivity contribution in [1.29, 1.82) is 0 Å². The van der Waals surface area contributed by atoms with Gasteiger partial charge in [0.25, 0.3) is 11.8 Å². The molecule has 2 unspecified atom stereocenters. The third-order valence-corrected chi connectivity index (χ3v) is 9.64. The summed E-state index contributed by atoms with van der Waals surface area (Å²) in [5, 5.41) is 5.50. The molecule has 1 N–H and O–H groups in total. The summed E-state index contributed by atoms with van der Waals surface area (Å²) >= 11 is 1.38. The summed E-state index contributed by atoms with van der Waals surface area (Å²) in [6.45, 7) is 8.79. The molecule has 2 heterocycles. The zero-order valence-corrected chi connectivity index (χ0v) is 30.5. The van der Waals surface area contributed by atoms with Crippen molar-refractivity contribution in [1.82, 2.24) is 15.1 Å². The Kier molecular flexibility index (Phi) is 18.8. The number of imide groups is 1. The fourth-order valence-electron chi connectivity index (χ4n) is 5.35. The van der Waals surface area contributed by atoms with Crippen LogP contribution >= 0.6 is 11.8 Å². The molecule has 2 aliphatic heterocycles. The predicted octanol–water partition coefficient (Wildman–Crippen LogP) is 4.09. The molecule has 3 rings (SSSR count). The summed E-state index contributed by atoms with van der Waals surface area (Å²) < 4.78 is 16.2. The highest BCUT2D eigenvalue weighted by atomic mass is 32.2. The van der Waals surface area contributed by atoms with Crippen LogP contribution in [0.3, 0.4) is 0 Å². The second-order valence-electron chi connectivity index (χ2n) is 12.1. The first-order chi connectivity index (χ1) is 25.1. The van der Waals surface area contributed by atoms with E-state index in [1.807, 2.05) is 19.1 Å². The predicted molar refractivity (Wildman–Crippen MR) is 194 cm³/mol. The summed E-state index contributed by atoms with van der Waals surface area (Å²) in [4.78, 5) is 79.7. The Hall–Kier alpha value is -4.34. The van der Waals surface area contributed by atoms with Gasteiger partial charge in [-0.05, 0) is 49.1 Å². The Labute approximate surface area is 308 Å². The topological polar surface area (TPSA) is 197 Å². The molecule has 0 radical (unpaired) electrons. The number of hydrogen-bond acceptors (Lipinski definition) is 11. The largest absolute Gasteiger partial charge is 0.381 e. The van der Waals surface area contributed by atoms with E-state index in [9.17, 15) is 28.8 Å². The van der Waals surface area contributed by atoms with Gasteiger partial charge in [-0.3, -0.25) is 33.7 Å². The van der Waals surface area contributed by atoms with Crippen LogP contribution in [0.5, 0.6) is 0 Å². The van der Waals surface area contributed by atoms with E-state index in [-0.39, 0.29) is 79.2 Å². The molecule has 16 heteroatoms. The van der Waals surface area contributed by atoms with Crippen molar-refractivity contribution in [3.8, 4) is 0 Å². The van der Waals surface area contributed by atoms with Gasteiger partial charge in [-0.1, -0.05) is 23.8 Å². The number of ketones is 2. The van der Waals surface area contributed by atoms with Crippen LogP contribution in [-0.2, 0) is 38.2 Å². The van der Waals surface area contributed by atoms with E-state index in [1.165, 1.54) is 27.6 Å². The standard InChI is InChI=1S/C36H48N6O9S/c1-26-7-12-33(45)41(26)17-13-30(43)5-3-19-49-20-4-6-31(44)14-18-42-34(46)25-32(36(42)48)52-27(2)28-8-10-29(11-9-28)35(47)38-15-21-50-23-24-51-22-16-39-40-37/h7-12,27,32H,1,3-6,13-25H2,2H3,(H,38,47). The fraction of sp³-hybridized carbons (Fsp3) is 0.556. The number of hydrogen-bond donors (Lipinski definition) is 1. The van der Waals surface area contributed by atoms with Crippen LogP contribution in [-0.4, -0.2) is 116 Å². The normalized spacial score (nSPS) is 16.1. The van der Waals surface area contributed by atoms with Gasteiger partial charge >= 0.3 is 0 Å². The summed E-state index contributed by atoms with van der Waals surface area (Å²) in [7, 11) is 0. The molecular weight excluding hydrogens is 692 g/mol. The highest BCUT2D eigenvalue weighted by Gasteiger charge is 2.39. The van der Waals surface area contributed by atoms with Crippen molar-refractivity contribution < 1.29 is 43.0 Å². The lowest BCUT2D eigenvalue weighted by atomic mass is 10.1. The van der Waals surface area contributed by atoms with Crippen LogP contribution < -0.4 is 5.32 Å². The number of nitrogens with one attached hydrogen (secondary N) is 1. The van der Waals surface area contributed by atoms with Crippen LogP contribution in [0.25, 0.3) is 10.4 Å². The van der Waals surface area contributed by atoms with Crippen molar-refractivity contribution >= 4 is 47.0 Å². The van der Waals surface area contributed by atoms with Crippen LogP contribution in [0.4, 0.5) is 0 Å². The van der Waals surface area contributed by atoms with Crippen molar-refractivity contribution in [2.45, 2.75) is 62.4 Å². The van der Waals surface area contributed by atoms with Gasteiger partial charge in [-0.25, -0.2) is 0 Å². The number of allylic oxidation sites excluding steroid dienone is 1. The molecule has 1 aromatic carbocycles. The number of carbonyl (C=O) groups excluding carboxylic acids is 6. The van der Waals surface area contributed by atoms with Crippen LogP contribution in [0.15, 0.2) is 53.8 Å². The minimum absolute atomic E-state index is 0.0447. The van der Waals surface area contributed by atoms with Gasteiger partial charge in [0.05, 0.1) is 31.7 Å². The Balaban J connectivity index is 1.24.